The van der Waals surface area contributed by atoms with Crippen molar-refractivity contribution in [3.05, 3.63) is 23.7 Å². The van der Waals surface area contributed by atoms with E-state index in [9.17, 15) is 4.79 Å². The molecule has 0 aliphatic carbocycles. The number of methoxy groups -OCH3 is 1. The summed E-state index contributed by atoms with van der Waals surface area (Å²) in [5.74, 6) is 0.557. The number of carbonyl (C=O) groups is 1. The van der Waals surface area contributed by atoms with Gasteiger partial charge < -0.3 is 14.5 Å². The van der Waals surface area contributed by atoms with Gasteiger partial charge in [-0.2, -0.15) is 0 Å². The van der Waals surface area contributed by atoms with E-state index in [2.05, 4.69) is 30.8 Å². The maximum atomic E-state index is 11.2. The van der Waals surface area contributed by atoms with Crippen LogP contribution in [0.25, 0.3) is 0 Å². The van der Waals surface area contributed by atoms with Gasteiger partial charge in [-0.3, -0.25) is 0 Å². The molecule has 0 saturated carbocycles. The van der Waals surface area contributed by atoms with Crippen LogP contribution in [0.5, 0.6) is 0 Å². The van der Waals surface area contributed by atoms with Crippen molar-refractivity contribution in [1.82, 2.24) is 5.32 Å². The molecule has 96 valence electrons. The molecule has 4 nitrogen and oxygen atoms in total. The third-order valence-electron chi connectivity index (χ3n) is 2.91. The van der Waals surface area contributed by atoms with E-state index in [-0.39, 0.29) is 11.2 Å². The Bertz CT molecular complexity index is 368. The largest absolute Gasteiger partial charge is 0.463 e. The van der Waals surface area contributed by atoms with Crippen LogP contribution < -0.4 is 5.32 Å². The molecule has 0 aromatic carbocycles. The van der Waals surface area contributed by atoms with Crippen molar-refractivity contribution in [3.63, 3.8) is 0 Å². The van der Waals surface area contributed by atoms with Crippen LogP contribution in [-0.2, 0) is 11.3 Å². The minimum absolute atomic E-state index is 0.249. The average Bonchev–Trinajstić information content (AvgIpc) is 2.76. The Kier molecular flexibility index (Phi) is 4.75. The molecular formula is C13H21NO3. The summed E-state index contributed by atoms with van der Waals surface area (Å²) in [6.45, 7) is 8.13. The lowest BCUT2D eigenvalue weighted by Gasteiger charge is -2.22. The minimum Gasteiger partial charge on any atom is -0.463 e. The zero-order valence-corrected chi connectivity index (χ0v) is 11.0. The van der Waals surface area contributed by atoms with Crippen molar-refractivity contribution >= 4 is 5.97 Å². The maximum Gasteiger partial charge on any atom is 0.373 e. The Morgan fingerprint density at radius 2 is 2.18 bits per heavy atom. The lowest BCUT2D eigenvalue weighted by Crippen LogP contribution is -2.28. The van der Waals surface area contributed by atoms with Gasteiger partial charge >= 0.3 is 5.97 Å². The number of hydrogen-bond acceptors (Lipinski definition) is 4. The van der Waals surface area contributed by atoms with Crippen LogP contribution in [0.15, 0.2) is 16.5 Å². The highest BCUT2D eigenvalue weighted by molar-refractivity contribution is 5.86. The van der Waals surface area contributed by atoms with Gasteiger partial charge in [0, 0.05) is 6.54 Å². The van der Waals surface area contributed by atoms with Gasteiger partial charge in [-0.25, -0.2) is 4.79 Å². The molecular weight excluding hydrogens is 218 g/mol. The van der Waals surface area contributed by atoms with Crippen LogP contribution >= 0.6 is 0 Å². The van der Waals surface area contributed by atoms with Crippen molar-refractivity contribution in [2.45, 2.75) is 33.7 Å². The zero-order chi connectivity index (χ0) is 12.9. The van der Waals surface area contributed by atoms with Gasteiger partial charge in [0.25, 0.3) is 0 Å². The highest BCUT2D eigenvalue weighted by Crippen LogP contribution is 2.18. The van der Waals surface area contributed by atoms with Crippen LogP contribution in [0.2, 0.25) is 0 Å². The molecule has 17 heavy (non-hydrogen) atoms. The summed E-state index contributed by atoms with van der Waals surface area (Å²) in [4.78, 5) is 11.2. The lowest BCUT2D eigenvalue weighted by molar-refractivity contribution is 0.0562. The molecule has 0 aliphatic rings. The molecule has 0 spiro atoms. The summed E-state index contributed by atoms with van der Waals surface area (Å²) in [7, 11) is 1.34. The Balaban J connectivity index is 2.43. The minimum atomic E-state index is -0.440. The first kappa shape index (κ1) is 13.8. The fourth-order valence-electron chi connectivity index (χ4n) is 1.33. The van der Waals surface area contributed by atoms with Crippen molar-refractivity contribution < 1.29 is 13.9 Å². The number of rotatable bonds is 6. The van der Waals surface area contributed by atoms with Crippen molar-refractivity contribution in [1.29, 1.82) is 0 Å². The number of carbonyl (C=O) groups excluding carboxylic acids is 1. The number of furan rings is 1. The van der Waals surface area contributed by atoms with E-state index in [0.717, 1.165) is 18.7 Å². The standard InChI is InChI=1S/C13H21NO3/c1-5-13(2,3)9-14-8-10-6-7-11(17-10)12(15)16-4/h6-7,14H,5,8-9H2,1-4H3. The molecule has 0 unspecified atom stereocenters. The van der Waals surface area contributed by atoms with Crippen molar-refractivity contribution in [3.8, 4) is 0 Å². The van der Waals surface area contributed by atoms with E-state index >= 15 is 0 Å². The Morgan fingerprint density at radius 3 is 2.76 bits per heavy atom. The fourth-order valence-corrected chi connectivity index (χ4v) is 1.33. The van der Waals surface area contributed by atoms with Crippen molar-refractivity contribution in [2.75, 3.05) is 13.7 Å². The fraction of sp³-hybridized carbons (Fsp3) is 0.615. The second kappa shape index (κ2) is 5.87. The summed E-state index contributed by atoms with van der Waals surface area (Å²) >= 11 is 0. The Labute approximate surface area is 102 Å². The summed E-state index contributed by atoms with van der Waals surface area (Å²) in [6, 6.07) is 3.42. The summed E-state index contributed by atoms with van der Waals surface area (Å²) in [5, 5.41) is 3.32. The third-order valence-corrected chi connectivity index (χ3v) is 2.91. The molecule has 0 atom stereocenters. The van der Waals surface area contributed by atoms with E-state index < -0.39 is 5.97 Å². The van der Waals surface area contributed by atoms with E-state index in [0.29, 0.717) is 6.54 Å². The lowest BCUT2D eigenvalue weighted by atomic mass is 9.90. The highest BCUT2D eigenvalue weighted by atomic mass is 16.5. The van der Waals surface area contributed by atoms with Crippen molar-refractivity contribution in [2.24, 2.45) is 5.41 Å². The maximum absolute atomic E-state index is 11.2. The van der Waals surface area contributed by atoms with Gasteiger partial charge in [0.15, 0.2) is 0 Å². The molecule has 0 saturated heterocycles. The molecule has 1 aromatic heterocycles. The van der Waals surface area contributed by atoms with E-state index in [4.69, 9.17) is 4.42 Å². The molecule has 0 bridgehead atoms. The highest BCUT2D eigenvalue weighted by Gasteiger charge is 2.15. The van der Waals surface area contributed by atoms with Crippen LogP contribution in [-0.4, -0.2) is 19.6 Å². The van der Waals surface area contributed by atoms with Crippen LogP contribution in [0.1, 0.15) is 43.5 Å². The smallest absolute Gasteiger partial charge is 0.373 e. The molecule has 0 amide bonds. The van der Waals surface area contributed by atoms with Crippen LogP contribution in [0.4, 0.5) is 0 Å². The summed E-state index contributed by atoms with van der Waals surface area (Å²) in [6.07, 6.45) is 1.12. The second-order valence-electron chi connectivity index (χ2n) is 4.88. The molecule has 0 fully saturated rings. The molecule has 1 aromatic rings. The zero-order valence-electron chi connectivity index (χ0n) is 11.0. The molecule has 1 heterocycles. The number of hydrogen-bond donors (Lipinski definition) is 1. The molecule has 4 heteroatoms. The molecule has 0 radical (unpaired) electrons. The number of nitrogens with one attached hydrogen (secondary N) is 1. The number of esters is 1. The monoisotopic (exact) mass is 239 g/mol. The molecule has 0 aliphatic heterocycles. The summed E-state index contributed by atoms with van der Waals surface area (Å²) < 4.78 is 9.92. The molecule has 1 N–H and O–H groups in total. The quantitative estimate of drug-likeness (QED) is 0.775. The van der Waals surface area contributed by atoms with Crippen LogP contribution in [0, 0.1) is 5.41 Å². The van der Waals surface area contributed by atoms with Gasteiger partial charge in [0.2, 0.25) is 5.76 Å². The Morgan fingerprint density at radius 1 is 1.47 bits per heavy atom. The Hall–Kier alpha value is -1.29. The molecule has 1 rings (SSSR count). The van der Waals surface area contributed by atoms with E-state index in [1.54, 1.807) is 12.1 Å². The van der Waals surface area contributed by atoms with E-state index in [1.165, 1.54) is 7.11 Å². The SMILES string of the molecule is CCC(C)(C)CNCc1ccc(C(=O)OC)o1. The average molecular weight is 239 g/mol. The van der Waals surface area contributed by atoms with Gasteiger partial charge in [0.1, 0.15) is 5.76 Å². The van der Waals surface area contributed by atoms with Gasteiger partial charge in [-0.05, 0) is 24.0 Å². The summed E-state index contributed by atoms with van der Waals surface area (Å²) in [5.41, 5.74) is 0.276. The third kappa shape index (κ3) is 4.23. The van der Waals surface area contributed by atoms with E-state index in [1.807, 2.05) is 0 Å². The topological polar surface area (TPSA) is 51.5 Å². The van der Waals surface area contributed by atoms with Crippen LogP contribution in [0.3, 0.4) is 0 Å². The predicted octanol–water partition coefficient (Wildman–Crippen LogP) is 2.59. The second-order valence-corrected chi connectivity index (χ2v) is 4.88. The van der Waals surface area contributed by atoms with Gasteiger partial charge in [0.05, 0.1) is 13.7 Å². The van der Waals surface area contributed by atoms with Gasteiger partial charge in [-0.15, -0.1) is 0 Å². The van der Waals surface area contributed by atoms with Gasteiger partial charge in [-0.1, -0.05) is 20.8 Å². The first-order chi connectivity index (χ1) is 7.98. The first-order valence-corrected chi connectivity index (χ1v) is 5.86. The predicted molar refractivity (Wildman–Crippen MR) is 65.8 cm³/mol. The normalized spacial score (nSPS) is 11.5. The first-order valence-electron chi connectivity index (χ1n) is 5.86. The number of ether oxygens (including phenoxy) is 1.